The van der Waals surface area contributed by atoms with Crippen LogP contribution in [0.5, 0.6) is 0 Å². The molecule has 2 aromatic rings. The molecule has 3 atom stereocenters. The maximum atomic E-state index is 10.6. The highest BCUT2D eigenvalue weighted by atomic mass is 16.5. The zero-order chi connectivity index (χ0) is 19.1. The van der Waals surface area contributed by atoms with Gasteiger partial charge in [0.2, 0.25) is 0 Å². The van der Waals surface area contributed by atoms with Crippen LogP contribution < -0.4 is 0 Å². The van der Waals surface area contributed by atoms with Gasteiger partial charge in [-0.15, -0.1) is 0 Å². The van der Waals surface area contributed by atoms with E-state index in [0.29, 0.717) is 6.54 Å². The van der Waals surface area contributed by atoms with Crippen LogP contribution in [0.15, 0.2) is 54.6 Å². The van der Waals surface area contributed by atoms with E-state index in [0.717, 1.165) is 36.9 Å². The predicted octanol–water partition coefficient (Wildman–Crippen LogP) is 3.31. The molecule has 4 heteroatoms. The van der Waals surface area contributed by atoms with Crippen molar-refractivity contribution in [3.05, 3.63) is 71.3 Å². The Labute approximate surface area is 162 Å². The van der Waals surface area contributed by atoms with Gasteiger partial charge >= 0.3 is 0 Å². The summed E-state index contributed by atoms with van der Waals surface area (Å²) in [5.74, 6) is 0. The van der Waals surface area contributed by atoms with Gasteiger partial charge in [-0.1, -0.05) is 61.0 Å². The molecule has 0 aliphatic carbocycles. The van der Waals surface area contributed by atoms with Crippen LogP contribution in [-0.2, 0) is 4.74 Å². The van der Waals surface area contributed by atoms with Crippen molar-refractivity contribution < 1.29 is 14.9 Å². The van der Waals surface area contributed by atoms with Gasteiger partial charge in [-0.3, -0.25) is 4.90 Å². The van der Waals surface area contributed by atoms with Gasteiger partial charge in [0.15, 0.2) is 0 Å². The van der Waals surface area contributed by atoms with Gasteiger partial charge in [0, 0.05) is 12.6 Å². The lowest BCUT2D eigenvalue weighted by molar-refractivity contribution is -0.0238. The minimum Gasteiger partial charge on any atom is -0.395 e. The fourth-order valence-electron chi connectivity index (χ4n) is 3.91. The van der Waals surface area contributed by atoms with E-state index in [1.54, 1.807) is 0 Å². The molecule has 1 fully saturated rings. The van der Waals surface area contributed by atoms with Gasteiger partial charge in [0.05, 0.1) is 19.3 Å². The number of aryl methyl sites for hydroxylation is 1. The Morgan fingerprint density at radius 3 is 2.56 bits per heavy atom. The van der Waals surface area contributed by atoms with Gasteiger partial charge in [0.1, 0.15) is 6.10 Å². The molecule has 0 radical (unpaired) electrons. The van der Waals surface area contributed by atoms with Crippen molar-refractivity contribution in [1.29, 1.82) is 0 Å². The highest BCUT2D eigenvalue weighted by Gasteiger charge is 2.25. The molecule has 0 aromatic heterocycles. The predicted molar refractivity (Wildman–Crippen MR) is 108 cm³/mol. The summed E-state index contributed by atoms with van der Waals surface area (Å²) in [5, 5.41) is 20.1. The first-order valence-corrected chi connectivity index (χ1v) is 9.94. The first-order chi connectivity index (χ1) is 13.2. The zero-order valence-corrected chi connectivity index (χ0v) is 16.1. The number of aliphatic hydroxyl groups is 2. The third-order valence-electron chi connectivity index (χ3n) is 5.43. The Bertz CT molecular complexity index is 691. The minimum absolute atomic E-state index is 0.156. The molecule has 0 bridgehead atoms. The van der Waals surface area contributed by atoms with Crippen LogP contribution in [-0.4, -0.2) is 53.6 Å². The summed E-state index contributed by atoms with van der Waals surface area (Å²) in [7, 11) is 0. The number of ether oxygens (including phenoxy) is 1. The first-order valence-electron chi connectivity index (χ1n) is 9.94. The smallest absolute Gasteiger partial charge is 0.108 e. The average molecular weight is 370 g/mol. The summed E-state index contributed by atoms with van der Waals surface area (Å²) in [5.41, 5.74) is 3.39. The standard InChI is InChI=1S/C23H31NO3/c1-18-9-5-6-13-22(18)23(19-10-3-2-4-11-19)27-17-21(26)15-24-14-8-7-12-20(24)16-25/h2-6,9-11,13,20-21,23,25-26H,7-8,12,14-17H2,1H3. The fraction of sp³-hybridized carbons (Fsp3) is 0.478. The van der Waals surface area contributed by atoms with Crippen molar-refractivity contribution in [2.24, 2.45) is 0 Å². The maximum Gasteiger partial charge on any atom is 0.108 e. The van der Waals surface area contributed by atoms with Crippen LogP contribution >= 0.6 is 0 Å². The van der Waals surface area contributed by atoms with Gasteiger partial charge in [0.25, 0.3) is 0 Å². The molecule has 3 unspecified atom stereocenters. The average Bonchev–Trinajstić information content (AvgIpc) is 2.70. The molecule has 2 aromatic carbocycles. The number of β-amino-alcohol motifs (C(OH)–C–C–N with tert-alkyl or cyclic N) is 1. The van der Waals surface area contributed by atoms with E-state index < -0.39 is 6.10 Å². The number of likely N-dealkylation sites (tertiary alicyclic amines) is 1. The normalized spacial score (nSPS) is 20.3. The molecular formula is C23H31NO3. The Balaban J connectivity index is 1.67. The van der Waals surface area contributed by atoms with Crippen LogP contribution in [0.25, 0.3) is 0 Å². The third-order valence-corrected chi connectivity index (χ3v) is 5.43. The third kappa shape index (κ3) is 5.39. The van der Waals surface area contributed by atoms with Crippen LogP contribution in [0.3, 0.4) is 0 Å². The number of piperidine rings is 1. The van der Waals surface area contributed by atoms with Crippen molar-refractivity contribution >= 4 is 0 Å². The van der Waals surface area contributed by atoms with E-state index in [9.17, 15) is 10.2 Å². The quantitative estimate of drug-likeness (QED) is 0.750. The zero-order valence-electron chi connectivity index (χ0n) is 16.1. The fourth-order valence-corrected chi connectivity index (χ4v) is 3.91. The molecular weight excluding hydrogens is 338 g/mol. The van der Waals surface area contributed by atoms with E-state index in [1.165, 1.54) is 5.56 Å². The molecule has 27 heavy (non-hydrogen) atoms. The molecule has 1 heterocycles. The van der Waals surface area contributed by atoms with E-state index in [4.69, 9.17) is 4.74 Å². The lowest BCUT2D eigenvalue weighted by Crippen LogP contribution is -2.46. The molecule has 1 aliphatic heterocycles. The molecule has 0 amide bonds. The Kier molecular flexibility index (Phi) is 7.41. The van der Waals surface area contributed by atoms with Crippen LogP contribution in [0.4, 0.5) is 0 Å². The molecule has 0 saturated carbocycles. The number of benzene rings is 2. The summed E-state index contributed by atoms with van der Waals surface area (Å²) >= 11 is 0. The van der Waals surface area contributed by atoms with E-state index in [1.807, 2.05) is 30.3 Å². The van der Waals surface area contributed by atoms with Gasteiger partial charge in [-0.2, -0.15) is 0 Å². The van der Waals surface area contributed by atoms with Crippen molar-refractivity contribution in [1.82, 2.24) is 4.90 Å². The molecule has 3 rings (SSSR count). The number of hydrogen-bond acceptors (Lipinski definition) is 4. The van der Waals surface area contributed by atoms with Crippen LogP contribution in [0, 0.1) is 6.92 Å². The Morgan fingerprint density at radius 1 is 1.07 bits per heavy atom. The molecule has 2 N–H and O–H groups in total. The minimum atomic E-state index is -0.576. The van der Waals surface area contributed by atoms with Crippen molar-refractivity contribution in [3.8, 4) is 0 Å². The summed E-state index contributed by atoms with van der Waals surface area (Å²) < 4.78 is 6.23. The number of hydrogen-bond donors (Lipinski definition) is 2. The highest BCUT2D eigenvalue weighted by molar-refractivity contribution is 5.35. The lowest BCUT2D eigenvalue weighted by atomic mass is 9.97. The Hall–Kier alpha value is -1.72. The molecule has 146 valence electrons. The Morgan fingerprint density at radius 2 is 1.81 bits per heavy atom. The van der Waals surface area contributed by atoms with Gasteiger partial charge in [-0.05, 0) is 43.0 Å². The van der Waals surface area contributed by atoms with Gasteiger partial charge in [-0.25, -0.2) is 0 Å². The van der Waals surface area contributed by atoms with Crippen LogP contribution in [0.1, 0.15) is 42.1 Å². The van der Waals surface area contributed by atoms with Gasteiger partial charge < -0.3 is 14.9 Å². The molecule has 1 saturated heterocycles. The summed E-state index contributed by atoms with van der Waals surface area (Å²) in [6.45, 7) is 3.99. The molecule has 1 aliphatic rings. The number of nitrogens with zero attached hydrogens (tertiary/aromatic N) is 1. The topological polar surface area (TPSA) is 52.9 Å². The second-order valence-electron chi connectivity index (χ2n) is 7.46. The van der Waals surface area contributed by atoms with E-state index in [2.05, 4.69) is 36.1 Å². The lowest BCUT2D eigenvalue weighted by Gasteiger charge is -2.36. The van der Waals surface area contributed by atoms with E-state index in [-0.39, 0.29) is 25.4 Å². The molecule has 4 nitrogen and oxygen atoms in total. The summed E-state index contributed by atoms with van der Waals surface area (Å²) in [6, 6.07) is 18.6. The summed E-state index contributed by atoms with van der Waals surface area (Å²) in [6.07, 6.45) is 2.50. The summed E-state index contributed by atoms with van der Waals surface area (Å²) in [4.78, 5) is 2.20. The highest BCUT2D eigenvalue weighted by Crippen LogP contribution is 2.28. The SMILES string of the molecule is Cc1ccccc1C(OCC(O)CN1CCCCC1CO)c1ccccc1. The van der Waals surface area contributed by atoms with Crippen molar-refractivity contribution in [2.75, 3.05) is 26.3 Å². The second-order valence-corrected chi connectivity index (χ2v) is 7.46. The maximum absolute atomic E-state index is 10.6. The van der Waals surface area contributed by atoms with Crippen LogP contribution in [0.2, 0.25) is 0 Å². The first kappa shape index (κ1) is 20.0. The van der Waals surface area contributed by atoms with Crippen molar-refractivity contribution in [3.63, 3.8) is 0 Å². The molecule has 0 spiro atoms. The van der Waals surface area contributed by atoms with E-state index >= 15 is 0 Å². The second kappa shape index (κ2) is 10.00. The number of aliphatic hydroxyl groups excluding tert-OH is 2. The number of rotatable bonds is 8. The largest absolute Gasteiger partial charge is 0.395 e. The van der Waals surface area contributed by atoms with Crippen molar-refractivity contribution in [2.45, 2.75) is 44.4 Å². The monoisotopic (exact) mass is 369 g/mol.